The molecule has 1 atom stereocenters. The first-order chi connectivity index (χ1) is 9.35. The van der Waals surface area contributed by atoms with Crippen molar-refractivity contribution in [3.05, 3.63) is 35.4 Å². The SMILES string of the molecule is Cc1ccc(C2CN(C(=O)OC(C)(C)C)CCS2)cc1. The van der Waals surface area contributed by atoms with E-state index in [1.807, 2.05) is 37.4 Å². The van der Waals surface area contributed by atoms with Crippen LogP contribution in [0.2, 0.25) is 0 Å². The van der Waals surface area contributed by atoms with Crippen LogP contribution in [0, 0.1) is 6.92 Å². The molecule has 0 bridgehead atoms. The summed E-state index contributed by atoms with van der Waals surface area (Å²) < 4.78 is 5.46. The molecule has 0 spiro atoms. The molecule has 1 aromatic carbocycles. The average Bonchev–Trinajstić information content (AvgIpc) is 2.38. The molecule has 1 unspecified atom stereocenters. The van der Waals surface area contributed by atoms with Gasteiger partial charge in [-0.25, -0.2) is 4.79 Å². The molecule has 1 aliphatic rings. The molecule has 1 aliphatic heterocycles. The Morgan fingerprint density at radius 1 is 1.30 bits per heavy atom. The Labute approximate surface area is 125 Å². The van der Waals surface area contributed by atoms with Crippen molar-refractivity contribution in [2.45, 2.75) is 38.5 Å². The maximum absolute atomic E-state index is 12.1. The minimum atomic E-state index is -0.430. The van der Waals surface area contributed by atoms with Gasteiger partial charge in [0.2, 0.25) is 0 Å². The van der Waals surface area contributed by atoms with Crippen LogP contribution in [0.25, 0.3) is 0 Å². The van der Waals surface area contributed by atoms with Gasteiger partial charge in [0.1, 0.15) is 5.60 Å². The molecule has 3 nitrogen and oxygen atoms in total. The second-order valence-corrected chi connectivity index (χ2v) is 7.51. The molecule has 20 heavy (non-hydrogen) atoms. The summed E-state index contributed by atoms with van der Waals surface area (Å²) in [6.07, 6.45) is -0.199. The van der Waals surface area contributed by atoms with Crippen LogP contribution in [0.3, 0.4) is 0 Å². The fourth-order valence-corrected chi connectivity index (χ4v) is 3.37. The number of nitrogens with zero attached hydrogens (tertiary/aromatic N) is 1. The Hall–Kier alpha value is -1.16. The maximum atomic E-state index is 12.1. The lowest BCUT2D eigenvalue weighted by molar-refractivity contribution is 0.0257. The van der Waals surface area contributed by atoms with E-state index in [0.717, 1.165) is 18.8 Å². The molecule has 2 rings (SSSR count). The topological polar surface area (TPSA) is 29.5 Å². The maximum Gasteiger partial charge on any atom is 0.410 e. The van der Waals surface area contributed by atoms with Gasteiger partial charge in [0, 0.05) is 24.1 Å². The summed E-state index contributed by atoms with van der Waals surface area (Å²) in [6.45, 7) is 9.29. The average molecular weight is 293 g/mol. The normalized spacial score (nSPS) is 19.8. The van der Waals surface area contributed by atoms with Gasteiger partial charge < -0.3 is 9.64 Å². The summed E-state index contributed by atoms with van der Waals surface area (Å²) in [5, 5.41) is 0.344. The second-order valence-electron chi connectivity index (χ2n) is 6.20. The predicted octanol–water partition coefficient (Wildman–Crippen LogP) is 4.02. The first kappa shape index (κ1) is 15.2. The van der Waals surface area contributed by atoms with Crippen molar-refractivity contribution in [2.75, 3.05) is 18.8 Å². The Kier molecular flexibility index (Phi) is 4.63. The van der Waals surface area contributed by atoms with E-state index in [2.05, 4.69) is 31.2 Å². The molecular formula is C16H23NO2S. The van der Waals surface area contributed by atoms with Crippen LogP contribution in [-0.4, -0.2) is 35.4 Å². The summed E-state index contributed by atoms with van der Waals surface area (Å²) in [7, 11) is 0. The highest BCUT2D eigenvalue weighted by Crippen LogP contribution is 2.33. The predicted molar refractivity (Wildman–Crippen MR) is 84.2 cm³/mol. The Bertz CT molecular complexity index is 464. The number of benzene rings is 1. The van der Waals surface area contributed by atoms with E-state index in [1.165, 1.54) is 11.1 Å². The van der Waals surface area contributed by atoms with Crippen LogP contribution in [-0.2, 0) is 4.74 Å². The number of hydrogen-bond donors (Lipinski definition) is 0. The molecule has 0 aromatic heterocycles. The zero-order chi connectivity index (χ0) is 14.8. The number of amides is 1. The fourth-order valence-electron chi connectivity index (χ4n) is 2.12. The lowest BCUT2D eigenvalue weighted by atomic mass is 10.1. The Morgan fingerprint density at radius 2 is 1.95 bits per heavy atom. The third-order valence-corrected chi connectivity index (χ3v) is 4.41. The molecule has 0 aliphatic carbocycles. The number of rotatable bonds is 1. The van der Waals surface area contributed by atoms with E-state index in [0.29, 0.717) is 5.25 Å². The van der Waals surface area contributed by atoms with Gasteiger partial charge in [-0.2, -0.15) is 11.8 Å². The minimum Gasteiger partial charge on any atom is -0.444 e. The molecule has 1 saturated heterocycles. The van der Waals surface area contributed by atoms with E-state index in [9.17, 15) is 4.79 Å². The summed E-state index contributed by atoms with van der Waals surface area (Å²) in [4.78, 5) is 14.0. The monoisotopic (exact) mass is 293 g/mol. The molecule has 0 N–H and O–H groups in total. The summed E-state index contributed by atoms with van der Waals surface area (Å²) in [5.41, 5.74) is 2.12. The molecular weight excluding hydrogens is 270 g/mol. The van der Waals surface area contributed by atoms with E-state index in [4.69, 9.17) is 4.74 Å². The molecule has 1 aromatic rings. The molecule has 1 heterocycles. The third-order valence-electron chi connectivity index (χ3n) is 3.17. The van der Waals surface area contributed by atoms with Crippen molar-refractivity contribution in [1.29, 1.82) is 0 Å². The number of thioether (sulfide) groups is 1. The Balaban J connectivity index is 2.01. The standard InChI is InChI=1S/C16H23NO2S/c1-12-5-7-13(8-6-12)14-11-17(9-10-20-14)15(18)19-16(2,3)4/h5-8,14H,9-11H2,1-4H3. The second kappa shape index (κ2) is 6.08. The van der Waals surface area contributed by atoms with Gasteiger partial charge in [0.15, 0.2) is 0 Å². The van der Waals surface area contributed by atoms with Crippen LogP contribution >= 0.6 is 11.8 Å². The minimum absolute atomic E-state index is 0.199. The van der Waals surface area contributed by atoms with Gasteiger partial charge in [-0.05, 0) is 33.3 Å². The largest absolute Gasteiger partial charge is 0.444 e. The quantitative estimate of drug-likeness (QED) is 0.783. The molecule has 0 radical (unpaired) electrons. The van der Waals surface area contributed by atoms with Crippen LogP contribution < -0.4 is 0 Å². The van der Waals surface area contributed by atoms with Crippen molar-refractivity contribution in [2.24, 2.45) is 0 Å². The van der Waals surface area contributed by atoms with Crippen molar-refractivity contribution in [3.63, 3.8) is 0 Å². The number of carbonyl (C=O) groups is 1. The third kappa shape index (κ3) is 4.17. The van der Waals surface area contributed by atoms with Gasteiger partial charge in [-0.3, -0.25) is 0 Å². The van der Waals surface area contributed by atoms with Gasteiger partial charge >= 0.3 is 6.09 Å². The highest BCUT2D eigenvalue weighted by Gasteiger charge is 2.28. The van der Waals surface area contributed by atoms with Crippen molar-refractivity contribution >= 4 is 17.9 Å². The number of ether oxygens (including phenoxy) is 1. The van der Waals surface area contributed by atoms with E-state index in [-0.39, 0.29) is 6.09 Å². The smallest absolute Gasteiger partial charge is 0.410 e. The van der Waals surface area contributed by atoms with Gasteiger partial charge in [0.05, 0.1) is 0 Å². The van der Waals surface area contributed by atoms with Gasteiger partial charge in [-0.15, -0.1) is 0 Å². The van der Waals surface area contributed by atoms with Crippen molar-refractivity contribution in [3.8, 4) is 0 Å². The zero-order valence-corrected chi connectivity index (χ0v) is 13.5. The lowest BCUT2D eigenvalue weighted by Gasteiger charge is -2.34. The number of carbonyl (C=O) groups excluding carboxylic acids is 1. The van der Waals surface area contributed by atoms with Crippen LogP contribution in [0.15, 0.2) is 24.3 Å². The molecule has 0 saturated carbocycles. The van der Waals surface area contributed by atoms with E-state index >= 15 is 0 Å². The molecule has 1 fully saturated rings. The summed E-state index contributed by atoms with van der Waals surface area (Å²) >= 11 is 1.91. The summed E-state index contributed by atoms with van der Waals surface area (Å²) in [5.74, 6) is 0.956. The zero-order valence-electron chi connectivity index (χ0n) is 12.7. The first-order valence-electron chi connectivity index (χ1n) is 7.01. The first-order valence-corrected chi connectivity index (χ1v) is 8.06. The van der Waals surface area contributed by atoms with Crippen LogP contribution in [0.5, 0.6) is 0 Å². The van der Waals surface area contributed by atoms with Crippen molar-refractivity contribution in [1.82, 2.24) is 4.90 Å². The van der Waals surface area contributed by atoms with Crippen LogP contribution in [0.4, 0.5) is 4.79 Å². The number of aryl methyl sites for hydroxylation is 1. The molecule has 110 valence electrons. The van der Waals surface area contributed by atoms with Gasteiger partial charge in [0.25, 0.3) is 0 Å². The van der Waals surface area contributed by atoms with E-state index in [1.54, 1.807) is 0 Å². The van der Waals surface area contributed by atoms with Gasteiger partial charge in [-0.1, -0.05) is 29.8 Å². The summed E-state index contributed by atoms with van der Waals surface area (Å²) in [6, 6.07) is 8.57. The molecule has 4 heteroatoms. The highest BCUT2D eigenvalue weighted by molar-refractivity contribution is 7.99. The Morgan fingerprint density at radius 3 is 2.55 bits per heavy atom. The fraction of sp³-hybridized carbons (Fsp3) is 0.562. The van der Waals surface area contributed by atoms with Crippen molar-refractivity contribution < 1.29 is 9.53 Å². The number of hydrogen-bond acceptors (Lipinski definition) is 3. The van der Waals surface area contributed by atoms with E-state index < -0.39 is 5.60 Å². The highest BCUT2D eigenvalue weighted by atomic mass is 32.2. The van der Waals surface area contributed by atoms with Crippen LogP contribution in [0.1, 0.15) is 37.1 Å². The molecule has 1 amide bonds. The lowest BCUT2D eigenvalue weighted by Crippen LogP contribution is -2.42.